The minimum absolute atomic E-state index is 0.326. The Bertz CT molecular complexity index is 151. The van der Waals surface area contributed by atoms with Crippen LogP contribution in [0.25, 0.3) is 0 Å². The predicted molar refractivity (Wildman–Crippen MR) is 70.0 cm³/mol. The number of aliphatic hydroxyl groups is 1. The first-order valence-electron chi connectivity index (χ1n) is 6.99. The van der Waals surface area contributed by atoms with Crippen LogP contribution in [0.2, 0.25) is 0 Å². The zero-order valence-corrected chi connectivity index (χ0v) is 11.5. The van der Waals surface area contributed by atoms with Crippen molar-refractivity contribution in [1.82, 2.24) is 0 Å². The number of alkyl halides is 1. The van der Waals surface area contributed by atoms with Gasteiger partial charge in [0, 0.05) is 13.2 Å². The first-order valence-corrected chi connectivity index (χ1v) is 6.99. The molecular formula is C14H29FO2. The second-order valence-corrected chi connectivity index (χ2v) is 5.16. The molecule has 0 radical (unpaired) electrons. The van der Waals surface area contributed by atoms with Crippen molar-refractivity contribution in [1.29, 1.82) is 0 Å². The Labute approximate surface area is 106 Å². The van der Waals surface area contributed by atoms with Gasteiger partial charge >= 0.3 is 0 Å². The highest BCUT2D eigenvalue weighted by molar-refractivity contribution is 4.54. The van der Waals surface area contributed by atoms with Crippen LogP contribution in [0.3, 0.4) is 0 Å². The van der Waals surface area contributed by atoms with Crippen molar-refractivity contribution in [2.75, 3.05) is 19.8 Å². The lowest BCUT2D eigenvalue weighted by Crippen LogP contribution is -2.05. The van der Waals surface area contributed by atoms with E-state index in [9.17, 15) is 4.39 Å². The molecule has 0 aliphatic carbocycles. The zero-order chi connectivity index (χ0) is 12.9. The van der Waals surface area contributed by atoms with Crippen molar-refractivity contribution in [3.05, 3.63) is 0 Å². The molecular weight excluding hydrogens is 219 g/mol. The zero-order valence-electron chi connectivity index (χ0n) is 11.5. The van der Waals surface area contributed by atoms with Crippen LogP contribution >= 0.6 is 0 Å². The number of unbranched alkanes of at least 4 members (excludes halogenated alkanes) is 5. The van der Waals surface area contributed by atoms with Gasteiger partial charge in [-0.3, -0.25) is 0 Å². The standard InChI is InChI=1S/C14H29FO2/c1-13(2)12-17-10-8-6-4-3-5-7-9-14(15)11-16/h13-14,16H,3-12H2,1-2H3. The smallest absolute Gasteiger partial charge is 0.123 e. The van der Waals surface area contributed by atoms with Crippen LogP contribution in [0.1, 0.15) is 58.8 Å². The summed E-state index contributed by atoms with van der Waals surface area (Å²) in [4.78, 5) is 0. The fourth-order valence-corrected chi connectivity index (χ4v) is 1.69. The van der Waals surface area contributed by atoms with Crippen molar-refractivity contribution < 1.29 is 14.2 Å². The highest BCUT2D eigenvalue weighted by atomic mass is 19.1. The van der Waals surface area contributed by atoms with Crippen molar-refractivity contribution in [2.24, 2.45) is 5.92 Å². The molecule has 1 unspecified atom stereocenters. The van der Waals surface area contributed by atoms with Crippen molar-refractivity contribution >= 4 is 0 Å². The highest BCUT2D eigenvalue weighted by Gasteiger charge is 2.02. The van der Waals surface area contributed by atoms with Gasteiger partial charge in [-0.05, 0) is 18.8 Å². The molecule has 3 heteroatoms. The SMILES string of the molecule is CC(C)COCCCCCCCCC(F)CO. The maximum atomic E-state index is 12.6. The summed E-state index contributed by atoms with van der Waals surface area (Å²) in [5.74, 6) is 0.621. The third kappa shape index (κ3) is 13.8. The number of hydrogen-bond acceptors (Lipinski definition) is 2. The molecule has 0 spiro atoms. The Hall–Kier alpha value is -0.150. The maximum absolute atomic E-state index is 12.6. The van der Waals surface area contributed by atoms with Gasteiger partial charge in [0.25, 0.3) is 0 Å². The highest BCUT2D eigenvalue weighted by Crippen LogP contribution is 2.10. The van der Waals surface area contributed by atoms with Crippen LogP contribution in [0.5, 0.6) is 0 Å². The van der Waals surface area contributed by atoms with Gasteiger partial charge in [0.05, 0.1) is 6.61 Å². The number of rotatable bonds is 12. The van der Waals surface area contributed by atoms with Gasteiger partial charge in [0.15, 0.2) is 0 Å². The van der Waals surface area contributed by atoms with Crippen molar-refractivity contribution in [3.63, 3.8) is 0 Å². The average molecular weight is 248 g/mol. The van der Waals surface area contributed by atoms with Crippen molar-refractivity contribution in [3.8, 4) is 0 Å². The second-order valence-electron chi connectivity index (χ2n) is 5.16. The molecule has 1 N–H and O–H groups in total. The van der Waals surface area contributed by atoms with E-state index in [1.807, 2.05) is 0 Å². The molecule has 17 heavy (non-hydrogen) atoms. The molecule has 0 heterocycles. The molecule has 2 nitrogen and oxygen atoms in total. The van der Waals surface area contributed by atoms with E-state index in [0.29, 0.717) is 12.3 Å². The lowest BCUT2D eigenvalue weighted by atomic mass is 10.1. The van der Waals surface area contributed by atoms with Crippen LogP contribution in [0.15, 0.2) is 0 Å². The largest absolute Gasteiger partial charge is 0.393 e. The molecule has 0 aromatic heterocycles. The lowest BCUT2D eigenvalue weighted by Gasteiger charge is -2.06. The molecule has 0 fully saturated rings. The number of aliphatic hydroxyl groups excluding tert-OH is 1. The Balaban J connectivity index is 2.99. The van der Waals surface area contributed by atoms with Crippen LogP contribution in [0.4, 0.5) is 4.39 Å². The van der Waals surface area contributed by atoms with E-state index in [0.717, 1.165) is 32.5 Å². The third-order valence-corrected chi connectivity index (χ3v) is 2.71. The summed E-state index contributed by atoms with van der Waals surface area (Å²) in [6.07, 6.45) is 6.18. The minimum Gasteiger partial charge on any atom is -0.393 e. The van der Waals surface area contributed by atoms with Gasteiger partial charge in [-0.1, -0.05) is 46.0 Å². The molecule has 0 aromatic rings. The number of halogens is 1. The van der Waals surface area contributed by atoms with Gasteiger partial charge in [-0.25, -0.2) is 4.39 Å². The fraction of sp³-hybridized carbons (Fsp3) is 1.00. The van der Waals surface area contributed by atoms with Gasteiger partial charge < -0.3 is 9.84 Å². The van der Waals surface area contributed by atoms with Gasteiger partial charge in [0.1, 0.15) is 6.17 Å². The first-order chi connectivity index (χ1) is 8.16. The predicted octanol–water partition coefficient (Wildman–Crippen LogP) is 3.72. The van der Waals surface area contributed by atoms with Crippen LogP contribution in [-0.2, 0) is 4.74 Å². The van der Waals surface area contributed by atoms with E-state index >= 15 is 0 Å². The monoisotopic (exact) mass is 248 g/mol. The molecule has 0 amide bonds. The summed E-state index contributed by atoms with van der Waals surface area (Å²) < 4.78 is 18.1. The topological polar surface area (TPSA) is 29.5 Å². The summed E-state index contributed by atoms with van der Waals surface area (Å²) >= 11 is 0. The Kier molecular flexibility index (Phi) is 12.2. The number of hydrogen-bond donors (Lipinski definition) is 1. The Morgan fingerprint density at radius 2 is 1.59 bits per heavy atom. The van der Waals surface area contributed by atoms with E-state index in [1.165, 1.54) is 19.3 Å². The summed E-state index contributed by atoms with van der Waals surface area (Å²) in [6, 6.07) is 0. The molecule has 0 saturated heterocycles. The average Bonchev–Trinajstić information content (AvgIpc) is 2.30. The van der Waals surface area contributed by atoms with Crippen LogP contribution < -0.4 is 0 Å². The van der Waals surface area contributed by atoms with E-state index in [4.69, 9.17) is 9.84 Å². The Morgan fingerprint density at radius 3 is 2.18 bits per heavy atom. The van der Waals surface area contributed by atoms with Crippen LogP contribution in [-0.4, -0.2) is 31.1 Å². The van der Waals surface area contributed by atoms with Gasteiger partial charge in [-0.2, -0.15) is 0 Å². The van der Waals surface area contributed by atoms with E-state index < -0.39 is 6.17 Å². The van der Waals surface area contributed by atoms with Crippen molar-refractivity contribution in [2.45, 2.75) is 65.0 Å². The van der Waals surface area contributed by atoms with E-state index in [1.54, 1.807) is 0 Å². The normalized spacial score (nSPS) is 13.2. The first kappa shape index (κ1) is 16.9. The maximum Gasteiger partial charge on any atom is 0.123 e. The molecule has 104 valence electrons. The van der Waals surface area contributed by atoms with Crippen LogP contribution in [0, 0.1) is 5.92 Å². The molecule has 0 bridgehead atoms. The quantitative estimate of drug-likeness (QED) is 0.533. The molecule has 0 rings (SSSR count). The lowest BCUT2D eigenvalue weighted by molar-refractivity contribution is 0.106. The molecule has 0 aromatic carbocycles. The molecule has 0 aliphatic rings. The number of ether oxygens (including phenoxy) is 1. The van der Waals surface area contributed by atoms with Gasteiger partial charge in [0.2, 0.25) is 0 Å². The molecule has 1 atom stereocenters. The summed E-state index contributed by atoms with van der Waals surface area (Å²) in [5, 5.41) is 8.51. The molecule has 0 saturated carbocycles. The summed E-state index contributed by atoms with van der Waals surface area (Å²) in [6.45, 7) is 5.72. The minimum atomic E-state index is -1.01. The second kappa shape index (κ2) is 12.3. The van der Waals surface area contributed by atoms with E-state index in [-0.39, 0.29) is 6.61 Å². The third-order valence-electron chi connectivity index (χ3n) is 2.71. The summed E-state index contributed by atoms with van der Waals surface area (Å²) in [5.41, 5.74) is 0. The van der Waals surface area contributed by atoms with E-state index in [2.05, 4.69) is 13.8 Å². The summed E-state index contributed by atoms with van der Waals surface area (Å²) in [7, 11) is 0. The molecule has 0 aliphatic heterocycles. The fourth-order valence-electron chi connectivity index (χ4n) is 1.69. The van der Waals surface area contributed by atoms with Gasteiger partial charge in [-0.15, -0.1) is 0 Å². The Morgan fingerprint density at radius 1 is 1.00 bits per heavy atom.